The number of carbonyl (C=O) groups is 2. The van der Waals surface area contributed by atoms with Crippen LogP contribution in [-0.2, 0) is 15.0 Å². The number of aryl methyl sites for hydroxylation is 1. The van der Waals surface area contributed by atoms with Gasteiger partial charge in [-0.15, -0.1) is 0 Å². The molecule has 1 atom stereocenters. The summed E-state index contributed by atoms with van der Waals surface area (Å²) in [6.07, 6.45) is 1.35. The summed E-state index contributed by atoms with van der Waals surface area (Å²) in [6, 6.07) is 2.89. The van der Waals surface area contributed by atoms with E-state index in [1.807, 2.05) is 0 Å². The number of piperidine rings is 1. The number of fused-ring (bicyclic) bond motifs is 1. The van der Waals surface area contributed by atoms with Crippen LogP contribution in [0.1, 0.15) is 24.1 Å². The molecule has 0 radical (unpaired) electrons. The summed E-state index contributed by atoms with van der Waals surface area (Å²) in [6.45, 7) is 1.79. The van der Waals surface area contributed by atoms with Crippen molar-refractivity contribution in [2.45, 2.75) is 25.2 Å². The summed E-state index contributed by atoms with van der Waals surface area (Å²) in [4.78, 5) is 22.8. The normalized spacial score (nSPS) is 22.8. The van der Waals surface area contributed by atoms with Crippen LogP contribution in [0.15, 0.2) is 16.7 Å². The molecule has 20 heavy (non-hydrogen) atoms. The molecule has 2 heterocycles. The molecule has 1 N–H and O–H groups in total. The Kier molecular flexibility index (Phi) is 2.81. The quantitative estimate of drug-likeness (QED) is 0.846. The molecule has 0 spiro atoms. The lowest BCUT2D eigenvalue weighted by Gasteiger charge is -2.30. The van der Waals surface area contributed by atoms with Crippen LogP contribution in [0.2, 0.25) is 0 Å². The molecule has 1 unspecified atom stereocenters. The van der Waals surface area contributed by atoms with Crippen LogP contribution in [0.5, 0.6) is 0 Å². The zero-order chi connectivity index (χ0) is 14.3. The lowest BCUT2D eigenvalue weighted by Crippen LogP contribution is -2.47. The Morgan fingerprint density at radius 2 is 2.30 bits per heavy atom. The van der Waals surface area contributed by atoms with Crippen LogP contribution >= 0.6 is 0 Å². The Hall–Kier alpha value is -2.24. The number of aldehydes is 1. The van der Waals surface area contributed by atoms with E-state index in [4.69, 9.17) is 4.52 Å². The smallest absolute Gasteiger partial charge is 0.220 e. The van der Waals surface area contributed by atoms with E-state index in [-0.39, 0.29) is 24.7 Å². The molecule has 1 saturated heterocycles. The van der Waals surface area contributed by atoms with Gasteiger partial charge in [0.05, 0.1) is 5.41 Å². The summed E-state index contributed by atoms with van der Waals surface area (Å²) in [5.41, 5.74) is 0.344. The SMILES string of the molecule is Cc1cc2onc(C3(C=O)CCC(=O)NC3)c2cc1F. The zero-order valence-corrected chi connectivity index (χ0v) is 10.9. The second-order valence-electron chi connectivity index (χ2n) is 5.18. The van der Waals surface area contributed by atoms with Crippen molar-refractivity contribution in [3.05, 3.63) is 29.2 Å². The Morgan fingerprint density at radius 3 is 2.95 bits per heavy atom. The van der Waals surface area contributed by atoms with Crippen molar-refractivity contribution < 1.29 is 18.5 Å². The Balaban J connectivity index is 2.15. The lowest BCUT2D eigenvalue weighted by molar-refractivity contribution is -0.125. The van der Waals surface area contributed by atoms with E-state index in [9.17, 15) is 14.0 Å². The van der Waals surface area contributed by atoms with Crippen molar-refractivity contribution in [1.82, 2.24) is 10.5 Å². The van der Waals surface area contributed by atoms with Crippen LogP contribution in [0, 0.1) is 12.7 Å². The Labute approximate surface area is 114 Å². The van der Waals surface area contributed by atoms with Gasteiger partial charge in [0.15, 0.2) is 5.58 Å². The molecule has 0 bridgehead atoms. The van der Waals surface area contributed by atoms with Crippen molar-refractivity contribution in [1.29, 1.82) is 0 Å². The molecular weight excluding hydrogens is 263 g/mol. The number of hydrogen-bond donors (Lipinski definition) is 1. The standard InChI is InChI=1S/C14H13FN2O3/c1-8-4-11-9(5-10(8)15)13(17-20-11)14(7-18)3-2-12(19)16-6-14/h4-5,7H,2-3,6H2,1H3,(H,16,19). The van der Waals surface area contributed by atoms with Crippen molar-refractivity contribution in [3.63, 3.8) is 0 Å². The first-order valence-corrected chi connectivity index (χ1v) is 6.35. The fraction of sp³-hybridized carbons (Fsp3) is 0.357. The monoisotopic (exact) mass is 276 g/mol. The van der Waals surface area contributed by atoms with Crippen LogP contribution in [0.4, 0.5) is 4.39 Å². The van der Waals surface area contributed by atoms with Gasteiger partial charge in [-0.2, -0.15) is 0 Å². The number of hydrogen-bond acceptors (Lipinski definition) is 4. The summed E-state index contributed by atoms with van der Waals surface area (Å²) in [5.74, 6) is -0.472. The maximum absolute atomic E-state index is 13.7. The third-order valence-electron chi connectivity index (χ3n) is 3.85. The molecule has 5 nitrogen and oxygen atoms in total. The summed E-state index contributed by atoms with van der Waals surface area (Å²) in [7, 11) is 0. The fourth-order valence-electron chi connectivity index (χ4n) is 2.55. The molecule has 1 fully saturated rings. The molecule has 1 aromatic heterocycles. The number of halogens is 1. The summed E-state index contributed by atoms with van der Waals surface area (Å²) < 4.78 is 18.9. The largest absolute Gasteiger partial charge is 0.356 e. The topological polar surface area (TPSA) is 72.2 Å². The number of aromatic nitrogens is 1. The molecule has 104 valence electrons. The minimum absolute atomic E-state index is 0.0997. The van der Waals surface area contributed by atoms with Crippen molar-refractivity contribution in [3.8, 4) is 0 Å². The molecule has 1 aromatic carbocycles. The van der Waals surface area contributed by atoms with E-state index in [0.29, 0.717) is 28.6 Å². The maximum atomic E-state index is 13.7. The van der Waals surface area contributed by atoms with Crippen LogP contribution in [0.25, 0.3) is 11.0 Å². The predicted octanol–water partition coefficient (Wildman–Crippen LogP) is 1.62. The summed E-state index contributed by atoms with van der Waals surface area (Å²) in [5, 5.41) is 7.08. The van der Waals surface area contributed by atoms with Gasteiger partial charge in [-0.3, -0.25) is 4.79 Å². The molecule has 1 aliphatic rings. The zero-order valence-electron chi connectivity index (χ0n) is 10.9. The average Bonchev–Trinajstić information content (AvgIpc) is 2.84. The van der Waals surface area contributed by atoms with Gasteiger partial charge in [-0.25, -0.2) is 4.39 Å². The number of nitrogens with zero attached hydrogens (tertiary/aromatic N) is 1. The van der Waals surface area contributed by atoms with E-state index in [2.05, 4.69) is 10.5 Å². The van der Waals surface area contributed by atoms with Gasteiger partial charge in [0.2, 0.25) is 5.91 Å². The minimum atomic E-state index is -0.944. The van der Waals surface area contributed by atoms with Crippen molar-refractivity contribution in [2.24, 2.45) is 0 Å². The second-order valence-corrected chi connectivity index (χ2v) is 5.18. The fourth-order valence-corrected chi connectivity index (χ4v) is 2.55. The van der Waals surface area contributed by atoms with Crippen molar-refractivity contribution in [2.75, 3.05) is 6.54 Å². The second kappa shape index (κ2) is 4.40. The van der Waals surface area contributed by atoms with Gasteiger partial charge in [-0.1, -0.05) is 5.16 Å². The number of amides is 1. The number of nitrogens with one attached hydrogen (secondary N) is 1. The average molecular weight is 276 g/mol. The van der Waals surface area contributed by atoms with Gasteiger partial charge < -0.3 is 14.6 Å². The van der Waals surface area contributed by atoms with Gasteiger partial charge in [0.1, 0.15) is 17.8 Å². The molecular formula is C14H13FN2O3. The maximum Gasteiger partial charge on any atom is 0.220 e. The number of carbonyl (C=O) groups excluding carboxylic acids is 2. The molecule has 1 amide bonds. The molecule has 0 aliphatic carbocycles. The van der Waals surface area contributed by atoms with E-state index in [1.165, 1.54) is 6.07 Å². The van der Waals surface area contributed by atoms with E-state index < -0.39 is 5.41 Å². The van der Waals surface area contributed by atoms with E-state index in [1.54, 1.807) is 13.0 Å². The minimum Gasteiger partial charge on any atom is -0.356 e. The van der Waals surface area contributed by atoms with Gasteiger partial charge in [0.25, 0.3) is 0 Å². The Morgan fingerprint density at radius 1 is 1.50 bits per heavy atom. The third-order valence-corrected chi connectivity index (χ3v) is 3.85. The van der Waals surface area contributed by atoms with Gasteiger partial charge >= 0.3 is 0 Å². The molecule has 0 saturated carbocycles. The first kappa shape index (κ1) is 12.8. The first-order valence-electron chi connectivity index (χ1n) is 6.35. The molecule has 2 aromatic rings. The highest BCUT2D eigenvalue weighted by Gasteiger charge is 2.40. The number of rotatable bonds is 2. The van der Waals surface area contributed by atoms with Crippen LogP contribution < -0.4 is 5.32 Å². The first-order chi connectivity index (χ1) is 9.55. The van der Waals surface area contributed by atoms with Gasteiger partial charge in [-0.05, 0) is 31.0 Å². The predicted molar refractivity (Wildman–Crippen MR) is 68.7 cm³/mol. The highest BCUT2D eigenvalue weighted by atomic mass is 19.1. The van der Waals surface area contributed by atoms with Crippen molar-refractivity contribution >= 4 is 23.2 Å². The van der Waals surface area contributed by atoms with Crippen LogP contribution in [-0.4, -0.2) is 23.9 Å². The van der Waals surface area contributed by atoms with Crippen LogP contribution in [0.3, 0.4) is 0 Å². The third kappa shape index (κ3) is 1.79. The lowest BCUT2D eigenvalue weighted by atomic mass is 9.78. The molecule has 1 aliphatic heterocycles. The highest BCUT2D eigenvalue weighted by molar-refractivity contribution is 5.88. The molecule has 6 heteroatoms. The van der Waals surface area contributed by atoms with E-state index in [0.717, 1.165) is 6.29 Å². The summed E-state index contributed by atoms with van der Waals surface area (Å²) >= 11 is 0. The highest BCUT2D eigenvalue weighted by Crippen LogP contribution is 2.34. The number of benzene rings is 1. The Bertz CT molecular complexity index is 698. The van der Waals surface area contributed by atoms with E-state index >= 15 is 0 Å². The van der Waals surface area contributed by atoms with Gasteiger partial charge in [0, 0.05) is 18.4 Å². The molecule has 3 rings (SSSR count).